The number of rotatable bonds is 5. The maximum atomic E-state index is 12.9. The van der Waals surface area contributed by atoms with Crippen LogP contribution in [0.2, 0.25) is 10.0 Å². The fraction of sp³-hybridized carbons (Fsp3) is 0.0952. The molecule has 0 aliphatic rings. The number of hydrogen-bond donors (Lipinski definition) is 2. The van der Waals surface area contributed by atoms with Crippen molar-refractivity contribution in [2.75, 3.05) is 4.72 Å². The van der Waals surface area contributed by atoms with Crippen LogP contribution >= 0.6 is 23.2 Å². The van der Waals surface area contributed by atoms with Crippen LogP contribution in [0.3, 0.4) is 0 Å². The number of hydrogen-bond acceptors (Lipinski definition) is 3. The molecule has 0 fully saturated rings. The Labute approximate surface area is 183 Å². The molecule has 6 nitrogen and oxygen atoms in total. The van der Waals surface area contributed by atoms with Gasteiger partial charge in [-0.15, -0.1) is 0 Å². The highest BCUT2D eigenvalue weighted by Crippen LogP contribution is 2.30. The van der Waals surface area contributed by atoms with E-state index in [4.69, 9.17) is 23.2 Å². The van der Waals surface area contributed by atoms with Crippen LogP contribution in [0, 0.1) is 6.92 Å². The first-order chi connectivity index (χ1) is 14.2. The number of halogens is 2. The summed E-state index contributed by atoms with van der Waals surface area (Å²) in [6, 6.07) is 17.4. The molecule has 4 aromatic rings. The van der Waals surface area contributed by atoms with Gasteiger partial charge in [0.05, 0.1) is 22.5 Å². The van der Waals surface area contributed by atoms with Crippen LogP contribution in [-0.2, 0) is 16.6 Å². The molecule has 0 spiro atoms. The molecule has 1 heterocycles. The molecule has 0 aliphatic carbocycles. The number of aryl methyl sites for hydroxylation is 1. The molecule has 1 aromatic heterocycles. The Morgan fingerprint density at radius 2 is 1.77 bits per heavy atom. The average Bonchev–Trinajstić information content (AvgIpc) is 2.96. The van der Waals surface area contributed by atoms with E-state index in [0.717, 1.165) is 5.56 Å². The van der Waals surface area contributed by atoms with Crippen molar-refractivity contribution in [3.05, 3.63) is 92.2 Å². The van der Waals surface area contributed by atoms with Crippen molar-refractivity contribution in [1.82, 2.24) is 9.78 Å². The Bertz CT molecular complexity index is 1390. The summed E-state index contributed by atoms with van der Waals surface area (Å²) in [4.78, 5) is 12.4. The summed E-state index contributed by atoms with van der Waals surface area (Å²) >= 11 is 12.1. The van der Waals surface area contributed by atoms with E-state index in [1.165, 1.54) is 18.2 Å². The number of sulfonamides is 1. The summed E-state index contributed by atoms with van der Waals surface area (Å²) in [5.74, 6) is 0. The second kappa shape index (κ2) is 7.83. The summed E-state index contributed by atoms with van der Waals surface area (Å²) in [5.41, 5.74) is 2.09. The number of H-pyrrole nitrogens is 1. The van der Waals surface area contributed by atoms with Crippen LogP contribution in [0.4, 0.5) is 5.69 Å². The fourth-order valence-corrected chi connectivity index (χ4v) is 5.62. The van der Waals surface area contributed by atoms with E-state index in [9.17, 15) is 13.2 Å². The Hall–Kier alpha value is -2.74. The summed E-state index contributed by atoms with van der Waals surface area (Å²) in [6.07, 6.45) is 0. The standard InChI is InChI=1S/C21H17Cl2N3O3S/c1-13-9-15(22)10-18(23)20(13)30(28,29)25-16-7-8-19-17(11-16)21(27)24-26(19)12-14-5-3-2-4-6-14/h2-11,25H,12H2,1H3,(H,24,27). The Morgan fingerprint density at radius 1 is 1.03 bits per heavy atom. The minimum Gasteiger partial charge on any atom is -0.280 e. The van der Waals surface area contributed by atoms with Gasteiger partial charge in [0.25, 0.3) is 15.6 Å². The van der Waals surface area contributed by atoms with Crippen LogP contribution in [0.15, 0.2) is 70.4 Å². The van der Waals surface area contributed by atoms with Crippen molar-refractivity contribution >= 4 is 49.8 Å². The van der Waals surface area contributed by atoms with Gasteiger partial charge in [-0.05, 0) is 48.4 Å². The molecular weight excluding hydrogens is 445 g/mol. The van der Waals surface area contributed by atoms with Crippen LogP contribution in [0.1, 0.15) is 11.1 Å². The van der Waals surface area contributed by atoms with Crippen LogP contribution in [0.5, 0.6) is 0 Å². The highest BCUT2D eigenvalue weighted by atomic mass is 35.5. The zero-order chi connectivity index (χ0) is 21.5. The molecule has 0 aliphatic heterocycles. The SMILES string of the molecule is Cc1cc(Cl)cc(Cl)c1S(=O)(=O)Nc1ccc2c(c1)c(=O)[nH]n2Cc1ccccc1. The Morgan fingerprint density at radius 3 is 2.47 bits per heavy atom. The number of nitrogens with one attached hydrogen (secondary N) is 2. The summed E-state index contributed by atoms with van der Waals surface area (Å²) < 4.78 is 30.0. The van der Waals surface area contributed by atoms with Crippen LogP contribution in [0.25, 0.3) is 10.9 Å². The number of aromatic amines is 1. The molecule has 0 saturated heterocycles. The van der Waals surface area contributed by atoms with Gasteiger partial charge in [0.2, 0.25) is 0 Å². The number of fused-ring (bicyclic) bond motifs is 1. The lowest BCUT2D eigenvalue weighted by molar-refractivity contribution is 0.600. The largest absolute Gasteiger partial charge is 0.280 e. The molecule has 4 rings (SSSR count). The molecule has 0 radical (unpaired) electrons. The molecule has 2 N–H and O–H groups in total. The van der Waals surface area contributed by atoms with Crippen molar-refractivity contribution in [3.63, 3.8) is 0 Å². The van der Waals surface area contributed by atoms with E-state index in [-0.39, 0.29) is 21.2 Å². The van der Waals surface area contributed by atoms with E-state index < -0.39 is 10.0 Å². The summed E-state index contributed by atoms with van der Waals surface area (Å²) in [6.45, 7) is 2.11. The number of anilines is 1. The van der Waals surface area contributed by atoms with Gasteiger partial charge >= 0.3 is 0 Å². The van der Waals surface area contributed by atoms with Gasteiger partial charge in [0, 0.05) is 10.7 Å². The molecule has 0 atom stereocenters. The molecule has 9 heteroatoms. The van der Waals surface area contributed by atoms with Crippen LogP contribution in [-0.4, -0.2) is 18.2 Å². The zero-order valence-corrected chi connectivity index (χ0v) is 18.1. The van der Waals surface area contributed by atoms with E-state index in [1.807, 2.05) is 30.3 Å². The lowest BCUT2D eigenvalue weighted by atomic mass is 10.2. The molecule has 0 unspecified atom stereocenters. The average molecular weight is 462 g/mol. The summed E-state index contributed by atoms with van der Waals surface area (Å²) in [5, 5.41) is 3.55. The molecule has 0 saturated carbocycles. The molecular formula is C21H17Cl2N3O3S. The van der Waals surface area contributed by atoms with Gasteiger partial charge in [0.1, 0.15) is 4.90 Å². The van der Waals surface area contributed by atoms with Gasteiger partial charge in [-0.2, -0.15) is 0 Å². The zero-order valence-electron chi connectivity index (χ0n) is 15.8. The van der Waals surface area contributed by atoms with Crippen LogP contribution < -0.4 is 10.3 Å². The first kappa shape index (κ1) is 20.5. The van der Waals surface area contributed by atoms with Gasteiger partial charge in [0.15, 0.2) is 0 Å². The van der Waals surface area contributed by atoms with Gasteiger partial charge in [-0.25, -0.2) is 8.42 Å². The number of benzene rings is 3. The fourth-order valence-electron chi connectivity index (χ4n) is 3.39. The first-order valence-corrected chi connectivity index (χ1v) is 11.2. The maximum absolute atomic E-state index is 12.9. The highest BCUT2D eigenvalue weighted by Gasteiger charge is 2.22. The third-order valence-corrected chi connectivity index (χ3v) is 6.88. The van der Waals surface area contributed by atoms with Crippen molar-refractivity contribution in [1.29, 1.82) is 0 Å². The van der Waals surface area contributed by atoms with E-state index in [0.29, 0.717) is 28.0 Å². The second-order valence-electron chi connectivity index (χ2n) is 6.88. The van der Waals surface area contributed by atoms with Crippen molar-refractivity contribution in [3.8, 4) is 0 Å². The predicted octanol–water partition coefficient (Wildman–Crippen LogP) is 4.79. The predicted molar refractivity (Wildman–Crippen MR) is 120 cm³/mol. The number of aromatic nitrogens is 2. The number of nitrogens with zero attached hydrogens (tertiary/aromatic N) is 1. The van der Waals surface area contributed by atoms with E-state index in [1.54, 1.807) is 23.7 Å². The van der Waals surface area contributed by atoms with Crippen molar-refractivity contribution in [2.45, 2.75) is 18.4 Å². The quantitative estimate of drug-likeness (QED) is 0.447. The van der Waals surface area contributed by atoms with E-state index in [2.05, 4.69) is 9.82 Å². The van der Waals surface area contributed by atoms with Gasteiger partial charge in [-0.1, -0.05) is 53.5 Å². The minimum absolute atomic E-state index is 0.0282. The molecule has 0 amide bonds. The Balaban J connectivity index is 1.70. The van der Waals surface area contributed by atoms with Gasteiger partial charge in [-0.3, -0.25) is 19.3 Å². The third-order valence-electron chi connectivity index (χ3n) is 4.67. The van der Waals surface area contributed by atoms with Gasteiger partial charge < -0.3 is 0 Å². The third kappa shape index (κ3) is 3.96. The molecule has 3 aromatic carbocycles. The monoisotopic (exact) mass is 461 g/mol. The van der Waals surface area contributed by atoms with Crippen molar-refractivity contribution < 1.29 is 8.42 Å². The molecule has 0 bridgehead atoms. The maximum Gasteiger partial charge on any atom is 0.272 e. The smallest absolute Gasteiger partial charge is 0.272 e. The lowest BCUT2D eigenvalue weighted by Gasteiger charge is -2.12. The highest BCUT2D eigenvalue weighted by molar-refractivity contribution is 7.92. The minimum atomic E-state index is -3.97. The second-order valence-corrected chi connectivity index (χ2v) is 9.35. The lowest BCUT2D eigenvalue weighted by Crippen LogP contribution is -2.15. The Kier molecular flexibility index (Phi) is 5.36. The first-order valence-electron chi connectivity index (χ1n) is 8.99. The molecule has 30 heavy (non-hydrogen) atoms. The molecule has 154 valence electrons. The van der Waals surface area contributed by atoms with E-state index >= 15 is 0 Å². The van der Waals surface area contributed by atoms with Crippen molar-refractivity contribution in [2.24, 2.45) is 0 Å². The summed E-state index contributed by atoms with van der Waals surface area (Å²) in [7, 11) is -3.97. The topological polar surface area (TPSA) is 84.0 Å². The normalized spacial score (nSPS) is 11.7.